The molecule has 3 N–H and O–H groups in total. The molecule has 7 heteroatoms. The van der Waals surface area contributed by atoms with Crippen molar-refractivity contribution in [1.29, 1.82) is 0 Å². The summed E-state index contributed by atoms with van der Waals surface area (Å²) in [7, 11) is 1.60. The molecule has 0 atom stereocenters. The molecular formula is C22H19N3O4. The Morgan fingerprint density at radius 1 is 1.03 bits per heavy atom. The van der Waals surface area contributed by atoms with Gasteiger partial charge in [-0.25, -0.2) is 0 Å². The first-order chi connectivity index (χ1) is 14.1. The maximum atomic E-state index is 12.4. The molecule has 0 radical (unpaired) electrons. The molecule has 2 amide bonds. The smallest absolute Gasteiger partial charge is 0.291 e. The van der Waals surface area contributed by atoms with Gasteiger partial charge in [-0.3, -0.25) is 9.59 Å². The van der Waals surface area contributed by atoms with Gasteiger partial charge in [0.1, 0.15) is 11.4 Å². The van der Waals surface area contributed by atoms with E-state index in [1.807, 2.05) is 30.3 Å². The van der Waals surface area contributed by atoms with Crippen molar-refractivity contribution < 1.29 is 18.7 Å². The second-order valence-electron chi connectivity index (χ2n) is 6.45. The molecule has 0 unspecified atom stereocenters. The number of aromatic nitrogens is 1. The number of H-pyrrole nitrogens is 1. The third kappa shape index (κ3) is 4.14. The highest BCUT2D eigenvalue weighted by Gasteiger charge is 2.11. The lowest BCUT2D eigenvalue weighted by molar-refractivity contribution is 0.0945. The van der Waals surface area contributed by atoms with Crippen LogP contribution in [0.5, 0.6) is 5.75 Å². The number of furan rings is 1. The molecule has 0 saturated heterocycles. The van der Waals surface area contributed by atoms with Crippen LogP contribution >= 0.6 is 0 Å². The van der Waals surface area contributed by atoms with E-state index in [4.69, 9.17) is 9.15 Å². The zero-order chi connectivity index (χ0) is 20.2. The molecule has 0 fully saturated rings. The number of nitrogens with one attached hydrogen (secondary N) is 3. The van der Waals surface area contributed by atoms with E-state index >= 15 is 0 Å². The maximum absolute atomic E-state index is 12.4. The van der Waals surface area contributed by atoms with Crippen LogP contribution in [0, 0.1) is 0 Å². The fraction of sp³-hybridized carbons (Fsp3) is 0.0909. The van der Waals surface area contributed by atoms with Crippen LogP contribution in [0.4, 0.5) is 5.69 Å². The van der Waals surface area contributed by atoms with E-state index in [0.29, 0.717) is 17.9 Å². The lowest BCUT2D eigenvalue weighted by atomic mass is 10.2. The van der Waals surface area contributed by atoms with E-state index in [1.165, 1.54) is 6.26 Å². The predicted octanol–water partition coefficient (Wildman–Crippen LogP) is 3.95. The molecule has 0 spiro atoms. The Hall–Kier alpha value is -4.00. The van der Waals surface area contributed by atoms with Crippen molar-refractivity contribution in [3.05, 3.63) is 83.9 Å². The summed E-state index contributed by atoms with van der Waals surface area (Å²) in [5.41, 5.74) is 2.87. The number of fused-ring (bicyclic) bond motifs is 1. The molecule has 2 heterocycles. The van der Waals surface area contributed by atoms with Crippen LogP contribution in [-0.2, 0) is 6.54 Å². The second kappa shape index (κ2) is 7.93. The Kier molecular flexibility index (Phi) is 5.03. The topological polar surface area (TPSA) is 96.4 Å². The summed E-state index contributed by atoms with van der Waals surface area (Å²) in [6, 6.07) is 17.9. The van der Waals surface area contributed by atoms with Crippen LogP contribution in [-0.4, -0.2) is 23.9 Å². The number of amides is 2. The first kappa shape index (κ1) is 18.4. The van der Waals surface area contributed by atoms with Crippen LogP contribution in [0.3, 0.4) is 0 Å². The number of anilines is 1. The monoisotopic (exact) mass is 389 g/mol. The van der Waals surface area contributed by atoms with E-state index in [0.717, 1.165) is 22.2 Å². The number of ether oxygens (including phenoxy) is 1. The van der Waals surface area contributed by atoms with E-state index < -0.39 is 0 Å². The van der Waals surface area contributed by atoms with E-state index in [9.17, 15) is 9.59 Å². The Balaban J connectivity index is 1.36. The SMILES string of the molecule is COc1ccc2cc(C(=O)NCc3ccc(NC(=O)c4ccco4)cc3)[nH]c2c1. The van der Waals surface area contributed by atoms with Gasteiger partial charge in [0.05, 0.1) is 13.4 Å². The summed E-state index contributed by atoms with van der Waals surface area (Å²) in [6.45, 7) is 0.365. The van der Waals surface area contributed by atoms with Gasteiger partial charge in [-0.2, -0.15) is 0 Å². The van der Waals surface area contributed by atoms with Gasteiger partial charge < -0.3 is 24.8 Å². The highest BCUT2D eigenvalue weighted by Crippen LogP contribution is 2.21. The van der Waals surface area contributed by atoms with Crippen molar-refractivity contribution in [2.75, 3.05) is 12.4 Å². The molecule has 4 rings (SSSR count). The molecule has 2 aromatic heterocycles. The maximum Gasteiger partial charge on any atom is 0.291 e. The lowest BCUT2D eigenvalue weighted by Gasteiger charge is -2.07. The van der Waals surface area contributed by atoms with Crippen LogP contribution in [0.2, 0.25) is 0 Å². The van der Waals surface area contributed by atoms with Gasteiger partial charge in [0.2, 0.25) is 0 Å². The van der Waals surface area contributed by atoms with Crippen LogP contribution in [0.25, 0.3) is 10.9 Å². The number of aromatic amines is 1. The molecule has 4 aromatic rings. The molecule has 0 saturated carbocycles. The summed E-state index contributed by atoms with van der Waals surface area (Å²) < 4.78 is 10.3. The van der Waals surface area contributed by atoms with Gasteiger partial charge in [0.25, 0.3) is 11.8 Å². The van der Waals surface area contributed by atoms with Crippen molar-refractivity contribution in [3.63, 3.8) is 0 Å². The average molecular weight is 389 g/mol. The summed E-state index contributed by atoms with van der Waals surface area (Å²) in [6.07, 6.45) is 1.45. The van der Waals surface area contributed by atoms with Crippen molar-refractivity contribution in [3.8, 4) is 5.75 Å². The molecule has 29 heavy (non-hydrogen) atoms. The third-order valence-electron chi connectivity index (χ3n) is 4.48. The van der Waals surface area contributed by atoms with Gasteiger partial charge >= 0.3 is 0 Å². The summed E-state index contributed by atoms with van der Waals surface area (Å²) >= 11 is 0. The van der Waals surface area contributed by atoms with Crippen molar-refractivity contribution in [1.82, 2.24) is 10.3 Å². The molecule has 146 valence electrons. The Labute approximate surface area is 166 Å². The quantitative estimate of drug-likeness (QED) is 0.465. The Morgan fingerprint density at radius 3 is 2.59 bits per heavy atom. The number of rotatable bonds is 6. The van der Waals surface area contributed by atoms with Crippen molar-refractivity contribution in [2.45, 2.75) is 6.54 Å². The Bertz CT molecular complexity index is 1140. The fourth-order valence-electron chi connectivity index (χ4n) is 2.94. The number of benzene rings is 2. The Morgan fingerprint density at radius 2 is 1.86 bits per heavy atom. The summed E-state index contributed by atoms with van der Waals surface area (Å²) in [5.74, 6) is 0.463. The van der Waals surface area contributed by atoms with Gasteiger partial charge in [-0.05, 0) is 48.0 Å². The largest absolute Gasteiger partial charge is 0.497 e. The normalized spacial score (nSPS) is 10.7. The second-order valence-corrected chi connectivity index (χ2v) is 6.45. The molecule has 0 aliphatic heterocycles. The molecule has 0 bridgehead atoms. The molecule has 7 nitrogen and oxygen atoms in total. The zero-order valence-electron chi connectivity index (χ0n) is 15.7. The van der Waals surface area contributed by atoms with E-state index in [1.54, 1.807) is 37.4 Å². The number of hydrogen-bond donors (Lipinski definition) is 3. The molecular weight excluding hydrogens is 370 g/mol. The number of hydrogen-bond acceptors (Lipinski definition) is 4. The highest BCUT2D eigenvalue weighted by molar-refractivity contribution is 6.02. The van der Waals surface area contributed by atoms with Crippen LogP contribution < -0.4 is 15.4 Å². The standard InChI is InChI=1S/C22H19N3O4/c1-28-17-9-6-15-11-19(25-18(15)12-17)21(26)23-13-14-4-7-16(8-5-14)24-22(27)20-3-2-10-29-20/h2-12,25H,13H2,1H3,(H,23,26)(H,24,27). The lowest BCUT2D eigenvalue weighted by Crippen LogP contribution is -2.23. The van der Waals surface area contributed by atoms with Gasteiger partial charge in [-0.15, -0.1) is 0 Å². The van der Waals surface area contributed by atoms with Crippen LogP contribution in [0.15, 0.2) is 71.3 Å². The predicted molar refractivity (Wildman–Crippen MR) is 109 cm³/mol. The number of carbonyl (C=O) groups is 2. The fourth-order valence-corrected chi connectivity index (χ4v) is 2.94. The van der Waals surface area contributed by atoms with Crippen molar-refractivity contribution >= 4 is 28.4 Å². The van der Waals surface area contributed by atoms with Gasteiger partial charge in [0, 0.05) is 29.2 Å². The first-order valence-corrected chi connectivity index (χ1v) is 9.01. The zero-order valence-corrected chi connectivity index (χ0v) is 15.7. The molecule has 2 aromatic carbocycles. The van der Waals surface area contributed by atoms with E-state index in [-0.39, 0.29) is 17.6 Å². The minimum Gasteiger partial charge on any atom is -0.497 e. The number of methoxy groups -OCH3 is 1. The van der Waals surface area contributed by atoms with E-state index in [2.05, 4.69) is 15.6 Å². The summed E-state index contributed by atoms with van der Waals surface area (Å²) in [5, 5.41) is 6.57. The van der Waals surface area contributed by atoms with Gasteiger partial charge in [0.15, 0.2) is 5.76 Å². The number of carbonyl (C=O) groups excluding carboxylic acids is 2. The van der Waals surface area contributed by atoms with Crippen LogP contribution in [0.1, 0.15) is 26.6 Å². The minimum atomic E-state index is -0.313. The molecule has 0 aliphatic carbocycles. The highest BCUT2D eigenvalue weighted by atomic mass is 16.5. The first-order valence-electron chi connectivity index (χ1n) is 9.01. The summed E-state index contributed by atoms with van der Waals surface area (Å²) in [4.78, 5) is 27.5. The molecule has 0 aliphatic rings. The minimum absolute atomic E-state index is 0.199. The van der Waals surface area contributed by atoms with Crippen molar-refractivity contribution in [2.24, 2.45) is 0 Å². The average Bonchev–Trinajstić information content (AvgIpc) is 3.42. The third-order valence-corrected chi connectivity index (χ3v) is 4.48. The van der Waals surface area contributed by atoms with Gasteiger partial charge in [-0.1, -0.05) is 12.1 Å².